The molecule has 1 aromatic heterocycles. The van der Waals surface area contributed by atoms with E-state index in [4.69, 9.17) is 4.74 Å². The molecule has 0 saturated carbocycles. The van der Waals surface area contributed by atoms with Crippen LogP contribution in [0.1, 0.15) is 13.8 Å². The predicted octanol–water partition coefficient (Wildman–Crippen LogP) is 1.71. The highest BCUT2D eigenvalue weighted by atomic mass is 16.5. The van der Waals surface area contributed by atoms with E-state index in [1.54, 1.807) is 11.8 Å². The van der Waals surface area contributed by atoms with Gasteiger partial charge in [0, 0.05) is 31.5 Å². The standard InChI is InChI=1S/C13H19N5O/c1-9(10(2)19-4)14-12-7-5-6-11(8-12)13-15-16-17-18(13)3/h5-10,14H,1-4H3. The molecule has 19 heavy (non-hydrogen) atoms. The number of nitrogens with zero attached hydrogens (tertiary/aromatic N) is 4. The van der Waals surface area contributed by atoms with Crippen molar-refractivity contribution in [3.05, 3.63) is 24.3 Å². The van der Waals surface area contributed by atoms with Crippen molar-refractivity contribution in [2.45, 2.75) is 26.0 Å². The Morgan fingerprint density at radius 2 is 2.11 bits per heavy atom. The van der Waals surface area contributed by atoms with Crippen molar-refractivity contribution < 1.29 is 4.74 Å². The van der Waals surface area contributed by atoms with E-state index in [9.17, 15) is 0 Å². The Morgan fingerprint density at radius 3 is 2.74 bits per heavy atom. The van der Waals surface area contributed by atoms with E-state index in [1.165, 1.54) is 0 Å². The van der Waals surface area contributed by atoms with Crippen LogP contribution in [0.5, 0.6) is 0 Å². The molecule has 0 fully saturated rings. The fourth-order valence-electron chi connectivity index (χ4n) is 1.81. The normalized spacial score (nSPS) is 14.1. The van der Waals surface area contributed by atoms with Crippen LogP contribution in [0.3, 0.4) is 0 Å². The third kappa shape index (κ3) is 3.08. The maximum absolute atomic E-state index is 5.31. The summed E-state index contributed by atoms with van der Waals surface area (Å²) in [5.74, 6) is 0.746. The molecule has 1 heterocycles. The van der Waals surface area contributed by atoms with E-state index in [2.05, 4.69) is 27.8 Å². The first kappa shape index (κ1) is 13.5. The van der Waals surface area contributed by atoms with Gasteiger partial charge in [0.05, 0.1) is 6.10 Å². The summed E-state index contributed by atoms with van der Waals surface area (Å²) in [6, 6.07) is 8.24. The van der Waals surface area contributed by atoms with Crippen LogP contribution < -0.4 is 5.32 Å². The lowest BCUT2D eigenvalue weighted by Gasteiger charge is -2.21. The number of nitrogens with one attached hydrogen (secondary N) is 1. The van der Waals surface area contributed by atoms with Crippen molar-refractivity contribution in [2.75, 3.05) is 12.4 Å². The van der Waals surface area contributed by atoms with Gasteiger partial charge in [-0.2, -0.15) is 0 Å². The third-order valence-electron chi connectivity index (χ3n) is 3.21. The first-order valence-electron chi connectivity index (χ1n) is 6.24. The molecule has 0 spiro atoms. The van der Waals surface area contributed by atoms with Crippen molar-refractivity contribution in [1.82, 2.24) is 20.2 Å². The van der Waals surface area contributed by atoms with Gasteiger partial charge in [-0.15, -0.1) is 5.10 Å². The average molecular weight is 261 g/mol. The molecule has 102 valence electrons. The molecule has 0 aliphatic rings. The first-order chi connectivity index (χ1) is 9.11. The average Bonchev–Trinajstić information content (AvgIpc) is 2.84. The van der Waals surface area contributed by atoms with Crippen molar-refractivity contribution >= 4 is 5.69 Å². The zero-order chi connectivity index (χ0) is 13.8. The van der Waals surface area contributed by atoms with Gasteiger partial charge in [-0.25, -0.2) is 4.68 Å². The quantitative estimate of drug-likeness (QED) is 0.887. The lowest BCUT2D eigenvalue weighted by atomic mass is 10.1. The fraction of sp³-hybridized carbons (Fsp3) is 0.462. The monoisotopic (exact) mass is 261 g/mol. The summed E-state index contributed by atoms with van der Waals surface area (Å²) < 4.78 is 6.96. The minimum Gasteiger partial charge on any atom is -0.380 e. The molecule has 1 aromatic carbocycles. The number of anilines is 1. The molecule has 0 amide bonds. The summed E-state index contributed by atoms with van der Waals surface area (Å²) in [6.45, 7) is 4.12. The summed E-state index contributed by atoms with van der Waals surface area (Å²) in [4.78, 5) is 0. The van der Waals surface area contributed by atoms with E-state index in [0.717, 1.165) is 17.1 Å². The maximum atomic E-state index is 5.31. The molecule has 0 saturated heterocycles. The van der Waals surface area contributed by atoms with Gasteiger partial charge in [-0.1, -0.05) is 12.1 Å². The molecule has 0 aliphatic heterocycles. The number of tetrazole rings is 1. The van der Waals surface area contributed by atoms with Crippen molar-refractivity contribution in [3.8, 4) is 11.4 Å². The van der Waals surface area contributed by atoms with E-state index in [0.29, 0.717) is 0 Å². The van der Waals surface area contributed by atoms with E-state index >= 15 is 0 Å². The Labute approximate surface area is 112 Å². The van der Waals surface area contributed by atoms with Crippen LogP contribution in [0.4, 0.5) is 5.69 Å². The molecule has 6 heteroatoms. The molecule has 2 atom stereocenters. The number of rotatable bonds is 5. The molecule has 0 aliphatic carbocycles. The lowest BCUT2D eigenvalue weighted by molar-refractivity contribution is 0.106. The smallest absolute Gasteiger partial charge is 0.181 e. The van der Waals surface area contributed by atoms with Gasteiger partial charge < -0.3 is 10.1 Å². The minimum atomic E-state index is 0.139. The van der Waals surface area contributed by atoms with Crippen LogP contribution in [0, 0.1) is 0 Å². The number of hydrogen-bond acceptors (Lipinski definition) is 5. The summed E-state index contributed by atoms with van der Waals surface area (Å²) in [6.07, 6.45) is 0.139. The first-order valence-corrected chi connectivity index (χ1v) is 6.24. The Kier molecular flexibility index (Phi) is 4.11. The molecule has 2 unspecified atom stereocenters. The van der Waals surface area contributed by atoms with Crippen LogP contribution in [-0.4, -0.2) is 39.5 Å². The van der Waals surface area contributed by atoms with E-state index < -0.39 is 0 Å². The van der Waals surface area contributed by atoms with Crippen molar-refractivity contribution in [3.63, 3.8) is 0 Å². The molecule has 1 N–H and O–H groups in total. The SMILES string of the molecule is COC(C)C(C)Nc1cccc(-c2nnnn2C)c1. The summed E-state index contributed by atoms with van der Waals surface area (Å²) in [5.41, 5.74) is 2.01. The number of methoxy groups -OCH3 is 1. The highest BCUT2D eigenvalue weighted by Crippen LogP contribution is 2.20. The molecule has 2 rings (SSSR count). The second-order valence-corrected chi connectivity index (χ2v) is 4.58. The molecule has 6 nitrogen and oxygen atoms in total. The lowest BCUT2D eigenvalue weighted by Crippen LogP contribution is -2.29. The maximum Gasteiger partial charge on any atom is 0.181 e. The van der Waals surface area contributed by atoms with Crippen molar-refractivity contribution in [1.29, 1.82) is 0 Å². The number of ether oxygens (including phenoxy) is 1. The summed E-state index contributed by atoms with van der Waals surface area (Å²) in [7, 11) is 3.54. The highest BCUT2D eigenvalue weighted by Gasteiger charge is 2.12. The second-order valence-electron chi connectivity index (χ2n) is 4.58. The molecular formula is C13H19N5O. The Hall–Kier alpha value is -1.95. The van der Waals surface area contributed by atoms with Crippen LogP contribution >= 0.6 is 0 Å². The largest absolute Gasteiger partial charge is 0.380 e. The Bertz CT molecular complexity index is 539. The van der Waals surface area contributed by atoms with Gasteiger partial charge >= 0.3 is 0 Å². The summed E-state index contributed by atoms with van der Waals surface area (Å²) >= 11 is 0. The van der Waals surface area contributed by atoms with Crippen LogP contribution in [0.15, 0.2) is 24.3 Å². The Morgan fingerprint density at radius 1 is 1.32 bits per heavy atom. The molecule has 0 radical (unpaired) electrons. The fourth-order valence-corrected chi connectivity index (χ4v) is 1.81. The van der Waals surface area contributed by atoms with E-state index in [1.807, 2.05) is 38.2 Å². The second kappa shape index (κ2) is 5.79. The van der Waals surface area contributed by atoms with Gasteiger partial charge in [-0.3, -0.25) is 0 Å². The zero-order valence-electron chi connectivity index (χ0n) is 11.7. The van der Waals surface area contributed by atoms with Gasteiger partial charge in [-0.05, 0) is 36.4 Å². The number of aryl methyl sites for hydroxylation is 1. The van der Waals surface area contributed by atoms with Crippen LogP contribution in [-0.2, 0) is 11.8 Å². The third-order valence-corrected chi connectivity index (χ3v) is 3.21. The molecule has 2 aromatic rings. The predicted molar refractivity (Wildman–Crippen MR) is 73.8 cm³/mol. The zero-order valence-corrected chi connectivity index (χ0v) is 11.7. The molecule has 0 bridgehead atoms. The van der Waals surface area contributed by atoms with Gasteiger partial charge in [0.25, 0.3) is 0 Å². The van der Waals surface area contributed by atoms with Crippen LogP contribution in [0.2, 0.25) is 0 Å². The van der Waals surface area contributed by atoms with Crippen molar-refractivity contribution in [2.24, 2.45) is 7.05 Å². The number of aromatic nitrogens is 4. The summed E-state index contributed by atoms with van der Waals surface area (Å²) in [5, 5.41) is 14.9. The van der Waals surface area contributed by atoms with Gasteiger partial charge in [0.2, 0.25) is 0 Å². The molecular weight excluding hydrogens is 242 g/mol. The highest BCUT2D eigenvalue weighted by molar-refractivity contribution is 5.62. The van der Waals surface area contributed by atoms with Gasteiger partial charge in [0.15, 0.2) is 5.82 Å². The van der Waals surface area contributed by atoms with E-state index in [-0.39, 0.29) is 12.1 Å². The number of benzene rings is 1. The topological polar surface area (TPSA) is 64.9 Å². The minimum absolute atomic E-state index is 0.139. The van der Waals surface area contributed by atoms with Crippen LogP contribution in [0.25, 0.3) is 11.4 Å². The number of hydrogen-bond donors (Lipinski definition) is 1. The Balaban J connectivity index is 2.18. The van der Waals surface area contributed by atoms with Gasteiger partial charge in [0.1, 0.15) is 0 Å².